The first-order chi connectivity index (χ1) is 16.5. The number of imidazole rings is 1. The fourth-order valence-corrected chi connectivity index (χ4v) is 5.17. The molecule has 1 unspecified atom stereocenters. The molecule has 190 valence electrons. The predicted molar refractivity (Wildman–Crippen MR) is 122 cm³/mol. The van der Waals surface area contributed by atoms with Gasteiger partial charge in [0, 0.05) is 12.3 Å². The number of halogens is 1. The number of carboxylic acids is 1. The lowest BCUT2D eigenvalue weighted by Crippen LogP contribution is -2.49. The summed E-state index contributed by atoms with van der Waals surface area (Å²) in [5.41, 5.74) is -4.02. The largest absolute Gasteiger partial charge is 0.479 e. The molecule has 0 spiro atoms. The minimum absolute atomic E-state index is 0.0863. The van der Waals surface area contributed by atoms with Crippen LogP contribution in [0.4, 0.5) is 5.82 Å². The zero-order chi connectivity index (χ0) is 25.5. The number of nitrogens with one attached hydrogen (secondary N) is 1. The number of terminal acetylenes is 1. The van der Waals surface area contributed by atoms with Gasteiger partial charge >= 0.3 is 5.97 Å². The summed E-state index contributed by atoms with van der Waals surface area (Å²) in [6.07, 6.45) is 7.01. The van der Waals surface area contributed by atoms with Gasteiger partial charge in [-0.3, -0.25) is 4.57 Å². The number of ether oxygens (including phenoxy) is 2. The summed E-state index contributed by atoms with van der Waals surface area (Å²) in [5.74, 6) is 0.698. The van der Waals surface area contributed by atoms with Crippen molar-refractivity contribution in [3.05, 3.63) is 11.6 Å². The van der Waals surface area contributed by atoms with E-state index >= 15 is 0 Å². The van der Waals surface area contributed by atoms with Crippen LogP contribution in [0.3, 0.4) is 0 Å². The molecule has 1 aliphatic heterocycles. The summed E-state index contributed by atoms with van der Waals surface area (Å²) < 4.78 is 35.5. The van der Waals surface area contributed by atoms with Gasteiger partial charge in [0.1, 0.15) is 12.2 Å². The van der Waals surface area contributed by atoms with Crippen LogP contribution in [0.1, 0.15) is 31.9 Å². The van der Waals surface area contributed by atoms with Gasteiger partial charge in [0.2, 0.25) is 5.28 Å². The molecule has 4 N–H and O–H groups in total. The third-order valence-electron chi connectivity index (χ3n) is 6.10. The molecule has 2 aromatic rings. The van der Waals surface area contributed by atoms with Gasteiger partial charge < -0.3 is 30.1 Å². The van der Waals surface area contributed by atoms with Gasteiger partial charge in [0.05, 0.1) is 12.9 Å². The van der Waals surface area contributed by atoms with Crippen LogP contribution in [0.15, 0.2) is 6.33 Å². The number of nitrogens with zero attached hydrogens (tertiary/aromatic N) is 4. The molecular weight excluding hydrogens is 506 g/mol. The third-order valence-corrected chi connectivity index (χ3v) is 7.39. The zero-order valence-corrected chi connectivity index (χ0v) is 20.1. The molecule has 35 heavy (non-hydrogen) atoms. The maximum atomic E-state index is 11.7. The highest BCUT2D eigenvalue weighted by Crippen LogP contribution is 2.39. The summed E-state index contributed by atoms with van der Waals surface area (Å²) in [4.78, 5) is 24.0. The first-order valence-corrected chi connectivity index (χ1v) is 13.0. The van der Waals surface area contributed by atoms with E-state index in [1.807, 2.05) is 5.92 Å². The maximum Gasteiger partial charge on any atom is 0.348 e. The van der Waals surface area contributed by atoms with Crippen LogP contribution in [0, 0.1) is 12.3 Å². The number of aliphatic hydroxyl groups is 2. The Kier molecular flexibility index (Phi) is 6.93. The molecule has 15 heteroatoms. The average Bonchev–Trinajstić information content (AvgIpc) is 3.48. The summed E-state index contributed by atoms with van der Waals surface area (Å²) in [6, 6.07) is 0.202. The van der Waals surface area contributed by atoms with Gasteiger partial charge in [0.25, 0.3) is 5.44 Å². The lowest BCUT2D eigenvalue weighted by atomic mass is 9.93. The van der Waals surface area contributed by atoms with Crippen molar-refractivity contribution in [2.24, 2.45) is 0 Å². The minimum Gasteiger partial charge on any atom is -0.479 e. The van der Waals surface area contributed by atoms with Crippen molar-refractivity contribution in [1.29, 1.82) is 0 Å². The van der Waals surface area contributed by atoms with E-state index in [2.05, 4.69) is 20.3 Å². The number of sulfone groups is 1. The quantitative estimate of drug-likeness (QED) is 0.264. The number of aromatic nitrogens is 4. The van der Waals surface area contributed by atoms with Gasteiger partial charge in [-0.15, -0.1) is 6.42 Å². The fraction of sp³-hybridized carbons (Fsp3) is 0.600. The van der Waals surface area contributed by atoms with E-state index in [1.165, 1.54) is 10.9 Å². The van der Waals surface area contributed by atoms with Crippen LogP contribution >= 0.6 is 11.6 Å². The number of anilines is 1. The molecule has 1 aliphatic carbocycles. The molecule has 13 nitrogen and oxygen atoms in total. The Morgan fingerprint density at radius 3 is 2.74 bits per heavy atom. The number of fused-ring (bicyclic) bond motifs is 1. The summed E-state index contributed by atoms with van der Waals surface area (Å²) >= 11 is 6.13. The average molecular weight is 530 g/mol. The Labute approximate surface area is 205 Å². The Balaban J connectivity index is 1.63. The highest BCUT2D eigenvalue weighted by molar-refractivity contribution is 7.91. The molecule has 0 bridgehead atoms. The number of hydrogen-bond acceptors (Lipinski definition) is 11. The van der Waals surface area contributed by atoms with E-state index in [9.17, 15) is 23.4 Å². The predicted octanol–water partition coefficient (Wildman–Crippen LogP) is -0.0713. The number of carbonyl (C=O) groups is 1. The summed E-state index contributed by atoms with van der Waals surface area (Å²) in [6.45, 7) is -0.741. The van der Waals surface area contributed by atoms with Crippen LogP contribution in [-0.2, 0) is 24.1 Å². The molecule has 2 aliphatic rings. The molecule has 1 saturated carbocycles. The van der Waals surface area contributed by atoms with Crippen molar-refractivity contribution in [3.8, 4) is 12.3 Å². The molecule has 2 fully saturated rings. The minimum atomic E-state index is -4.15. The number of rotatable bonds is 8. The van der Waals surface area contributed by atoms with Gasteiger partial charge in [-0.1, -0.05) is 18.8 Å². The van der Waals surface area contributed by atoms with Gasteiger partial charge in [-0.25, -0.2) is 18.2 Å². The van der Waals surface area contributed by atoms with Gasteiger partial charge in [0.15, 0.2) is 38.6 Å². The first-order valence-electron chi connectivity index (χ1n) is 10.7. The summed E-state index contributed by atoms with van der Waals surface area (Å²) in [7, 11) is -4.15. The van der Waals surface area contributed by atoms with Crippen molar-refractivity contribution >= 4 is 44.4 Å². The Bertz CT molecular complexity index is 1270. The van der Waals surface area contributed by atoms with E-state index in [0.717, 1.165) is 25.7 Å². The topological polar surface area (TPSA) is 186 Å². The lowest BCUT2D eigenvalue weighted by Gasteiger charge is -2.25. The van der Waals surface area contributed by atoms with Gasteiger partial charge in [-0.05, 0) is 24.4 Å². The molecule has 0 aromatic carbocycles. The number of aliphatic hydroxyl groups excluding tert-OH is 1. The van der Waals surface area contributed by atoms with E-state index in [-0.39, 0.29) is 17.0 Å². The Morgan fingerprint density at radius 1 is 1.46 bits per heavy atom. The van der Waals surface area contributed by atoms with Crippen LogP contribution in [0.2, 0.25) is 5.28 Å². The molecule has 0 radical (unpaired) electrons. The van der Waals surface area contributed by atoms with Crippen LogP contribution in [-0.4, -0.2) is 91.4 Å². The van der Waals surface area contributed by atoms with E-state index in [4.69, 9.17) is 32.6 Å². The zero-order valence-electron chi connectivity index (χ0n) is 18.5. The van der Waals surface area contributed by atoms with Crippen LogP contribution in [0.5, 0.6) is 0 Å². The van der Waals surface area contributed by atoms with Crippen molar-refractivity contribution in [2.75, 3.05) is 18.2 Å². The lowest BCUT2D eigenvalue weighted by molar-refractivity contribution is -0.149. The Hall–Kier alpha value is -2.54. The van der Waals surface area contributed by atoms with Crippen molar-refractivity contribution in [3.63, 3.8) is 0 Å². The maximum absolute atomic E-state index is 11.7. The monoisotopic (exact) mass is 529 g/mol. The smallest absolute Gasteiger partial charge is 0.348 e. The second-order valence-electron chi connectivity index (χ2n) is 8.55. The van der Waals surface area contributed by atoms with Crippen LogP contribution in [0.25, 0.3) is 11.2 Å². The molecule has 0 amide bonds. The molecular formula is C20H24ClN5O8S. The molecule has 2 aromatic heterocycles. The molecule has 5 atom stereocenters. The highest BCUT2D eigenvalue weighted by Gasteiger charge is 2.56. The molecule has 3 heterocycles. The Morgan fingerprint density at radius 2 is 2.14 bits per heavy atom. The second kappa shape index (κ2) is 9.49. The first kappa shape index (κ1) is 25.5. The summed E-state index contributed by atoms with van der Waals surface area (Å²) in [5, 5.41) is 34.2. The number of aliphatic carboxylic acids is 1. The highest BCUT2D eigenvalue weighted by atomic mass is 35.5. The second-order valence-corrected chi connectivity index (χ2v) is 11.0. The number of carboxylic acid groups (broad SMARTS) is 1. The number of hydrogen-bond donors (Lipinski definition) is 4. The van der Waals surface area contributed by atoms with Crippen molar-refractivity contribution < 1.29 is 38.0 Å². The molecule has 1 saturated heterocycles. The molecule has 4 rings (SSSR count). The SMILES string of the molecule is C#C[C@@]1(O)[C@@H](COC(C(=O)O)S(C)(=O)=O)O[C@@H](n2cnc3c(NC4CCCC4)nc(Cl)nc32)[C@@H]1O. The third kappa shape index (κ3) is 4.80. The van der Waals surface area contributed by atoms with E-state index in [0.29, 0.717) is 17.6 Å². The van der Waals surface area contributed by atoms with Crippen molar-refractivity contribution in [2.45, 2.75) is 61.2 Å². The van der Waals surface area contributed by atoms with E-state index < -0.39 is 51.9 Å². The van der Waals surface area contributed by atoms with Gasteiger partial charge in [-0.2, -0.15) is 9.97 Å². The normalized spacial score (nSPS) is 28.3. The van der Waals surface area contributed by atoms with Crippen molar-refractivity contribution in [1.82, 2.24) is 19.5 Å². The standard InChI is InChI=1S/C20H24ClN5O8S/c1-3-20(30)11(8-33-18(17(28)29)35(2,31)32)34-16(13(20)27)26-9-22-12-14(23-10-6-4-5-7-10)24-19(21)25-15(12)26/h1,9-11,13,16,18,27,30H,4-8H2,2H3,(H,28,29)(H,23,24,25)/t11-,13+,16-,18?,20-/m1/s1. The van der Waals surface area contributed by atoms with Crippen LogP contribution < -0.4 is 5.32 Å². The fourth-order valence-electron chi connectivity index (χ4n) is 4.31. The van der Waals surface area contributed by atoms with E-state index in [1.54, 1.807) is 0 Å².